The van der Waals surface area contributed by atoms with Crippen LogP contribution < -0.4 is 10.6 Å². The fourth-order valence-corrected chi connectivity index (χ4v) is 4.78. The molecule has 0 spiro atoms. The van der Waals surface area contributed by atoms with Crippen LogP contribution in [0.1, 0.15) is 30.2 Å². The van der Waals surface area contributed by atoms with E-state index in [0.29, 0.717) is 0 Å². The molecule has 31 heavy (non-hydrogen) atoms. The molecule has 4 heteroatoms. The number of aryl methyl sites for hydroxylation is 2. The predicted octanol–water partition coefficient (Wildman–Crippen LogP) is 6.48. The molecule has 0 radical (unpaired) electrons. The standard InChI is InChI=1S/C27H30IN3/c1-4-21(7-6-20(3)29)13-16-31-26-12-5-19(2)17-24(26)25-18-30(15-14-27(25)31)23-10-8-22(28)9-11-23/h4-12,17H,1,13-16,18,29H2,2-3H3/b20-6-,21-7+. The van der Waals surface area contributed by atoms with Gasteiger partial charge in [0.05, 0.1) is 0 Å². The van der Waals surface area contributed by atoms with Crippen LogP contribution in [0, 0.1) is 10.5 Å². The summed E-state index contributed by atoms with van der Waals surface area (Å²) in [6, 6.07) is 15.7. The first-order valence-corrected chi connectivity index (χ1v) is 11.9. The molecule has 0 fully saturated rings. The topological polar surface area (TPSA) is 34.2 Å². The third-order valence-corrected chi connectivity index (χ3v) is 6.77. The monoisotopic (exact) mass is 523 g/mol. The molecule has 1 aliphatic heterocycles. The van der Waals surface area contributed by atoms with Gasteiger partial charge in [-0.1, -0.05) is 30.4 Å². The Morgan fingerprint density at radius 3 is 2.65 bits per heavy atom. The molecule has 1 aromatic heterocycles. The highest BCUT2D eigenvalue weighted by Crippen LogP contribution is 2.34. The van der Waals surface area contributed by atoms with Gasteiger partial charge in [0.2, 0.25) is 0 Å². The summed E-state index contributed by atoms with van der Waals surface area (Å²) in [4.78, 5) is 2.51. The minimum Gasteiger partial charge on any atom is -0.402 e. The van der Waals surface area contributed by atoms with Gasteiger partial charge in [0.15, 0.2) is 0 Å². The first-order valence-electron chi connectivity index (χ1n) is 10.8. The molecule has 2 aromatic carbocycles. The Morgan fingerprint density at radius 2 is 1.94 bits per heavy atom. The molecule has 0 atom stereocenters. The van der Waals surface area contributed by atoms with Gasteiger partial charge >= 0.3 is 0 Å². The van der Waals surface area contributed by atoms with Gasteiger partial charge in [-0.3, -0.25) is 0 Å². The molecule has 4 rings (SSSR count). The molecule has 0 saturated heterocycles. The van der Waals surface area contributed by atoms with E-state index in [2.05, 4.69) is 94.1 Å². The van der Waals surface area contributed by atoms with Gasteiger partial charge in [-0.15, -0.1) is 0 Å². The Labute approximate surface area is 199 Å². The van der Waals surface area contributed by atoms with Crippen molar-refractivity contribution >= 4 is 39.2 Å². The number of nitrogens with zero attached hydrogens (tertiary/aromatic N) is 2. The summed E-state index contributed by atoms with van der Waals surface area (Å²) in [5, 5.41) is 1.40. The normalized spacial score (nSPS) is 14.7. The summed E-state index contributed by atoms with van der Waals surface area (Å²) >= 11 is 2.37. The molecule has 0 saturated carbocycles. The lowest BCUT2D eigenvalue weighted by atomic mass is 10.0. The van der Waals surface area contributed by atoms with Gasteiger partial charge in [-0.05, 0) is 90.9 Å². The fourth-order valence-electron chi connectivity index (χ4n) is 4.42. The lowest BCUT2D eigenvalue weighted by molar-refractivity contribution is 0.638. The van der Waals surface area contributed by atoms with E-state index < -0.39 is 0 Å². The number of anilines is 1. The van der Waals surface area contributed by atoms with Crippen molar-refractivity contribution in [2.24, 2.45) is 5.73 Å². The van der Waals surface area contributed by atoms with Crippen molar-refractivity contribution in [1.29, 1.82) is 0 Å². The number of allylic oxidation sites excluding steroid dienone is 5. The van der Waals surface area contributed by atoms with Gasteiger partial charge in [-0.25, -0.2) is 0 Å². The Bertz CT molecular complexity index is 1160. The van der Waals surface area contributed by atoms with Crippen molar-refractivity contribution in [1.82, 2.24) is 4.57 Å². The van der Waals surface area contributed by atoms with Crippen LogP contribution in [0.3, 0.4) is 0 Å². The smallest absolute Gasteiger partial charge is 0.0486 e. The zero-order valence-corrected chi connectivity index (χ0v) is 20.5. The zero-order chi connectivity index (χ0) is 22.0. The number of hydrogen-bond acceptors (Lipinski definition) is 2. The van der Waals surface area contributed by atoms with Crippen LogP contribution in [0.2, 0.25) is 0 Å². The second-order valence-electron chi connectivity index (χ2n) is 8.35. The third-order valence-electron chi connectivity index (χ3n) is 6.05. The largest absolute Gasteiger partial charge is 0.402 e. The van der Waals surface area contributed by atoms with Gasteiger partial charge < -0.3 is 15.2 Å². The molecule has 2 N–H and O–H groups in total. The minimum absolute atomic E-state index is 0.814. The first kappa shape index (κ1) is 21.8. The van der Waals surface area contributed by atoms with E-state index >= 15 is 0 Å². The molecule has 2 heterocycles. The molecular weight excluding hydrogens is 493 g/mol. The number of nitrogens with two attached hydrogens (primary N) is 1. The number of hydrogen-bond donors (Lipinski definition) is 1. The Morgan fingerprint density at radius 1 is 1.16 bits per heavy atom. The van der Waals surface area contributed by atoms with Gasteiger partial charge in [-0.2, -0.15) is 0 Å². The highest BCUT2D eigenvalue weighted by Gasteiger charge is 2.24. The van der Waals surface area contributed by atoms with E-state index in [1.807, 2.05) is 19.1 Å². The highest BCUT2D eigenvalue weighted by atomic mass is 127. The number of benzene rings is 2. The van der Waals surface area contributed by atoms with E-state index in [0.717, 1.165) is 38.2 Å². The average Bonchev–Trinajstić information content (AvgIpc) is 3.06. The fraction of sp³-hybridized carbons (Fsp3) is 0.259. The number of aromatic nitrogens is 1. The molecule has 0 bridgehead atoms. The summed E-state index contributed by atoms with van der Waals surface area (Å²) in [7, 11) is 0. The maximum absolute atomic E-state index is 5.81. The van der Waals surface area contributed by atoms with Crippen LogP contribution in [-0.4, -0.2) is 11.1 Å². The van der Waals surface area contributed by atoms with E-state index in [-0.39, 0.29) is 0 Å². The van der Waals surface area contributed by atoms with Crippen LogP contribution in [0.15, 0.2) is 78.5 Å². The second-order valence-corrected chi connectivity index (χ2v) is 9.60. The van der Waals surface area contributed by atoms with Crippen molar-refractivity contribution in [2.45, 2.75) is 39.8 Å². The lowest BCUT2D eigenvalue weighted by Crippen LogP contribution is -2.31. The molecule has 0 amide bonds. The van der Waals surface area contributed by atoms with Crippen molar-refractivity contribution in [3.63, 3.8) is 0 Å². The summed E-state index contributed by atoms with van der Waals surface area (Å²) in [5.41, 5.74) is 14.8. The molecule has 3 aromatic rings. The van der Waals surface area contributed by atoms with Crippen molar-refractivity contribution in [3.8, 4) is 0 Å². The Balaban J connectivity index is 1.69. The van der Waals surface area contributed by atoms with E-state index in [4.69, 9.17) is 5.73 Å². The van der Waals surface area contributed by atoms with Crippen LogP contribution in [0.25, 0.3) is 10.9 Å². The molecule has 0 unspecified atom stereocenters. The first-order chi connectivity index (χ1) is 15.0. The highest BCUT2D eigenvalue weighted by molar-refractivity contribution is 14.1. The summed E-state index contributed by atoms with van der Waals surface area (Å²) in [6.45, 7) is 11.0. The van der Waals surface area contributed by atoms with E-state index in [9.17, 15) is 0 Å². The summed E-state index contributed by atoms with van der Waals surface area (Å²) < 4.78 is 3.81. The molecule has 160 valence electrons. The van der Waals surface area contributed by atoms with Crippen molar-refractivity contribution in [3.05, 3.63) is 98.9 Å². The quantitative estimate of drug-likeness (QED) is 0.297. The number of rotatable bonds is 6. The van der Waals surface area contributed by atoms with Crippen LogP contribution in [0.4, 0.5) is 5.69 Å². The number of fused-ring (bicyclic) bond motifs is 3. The SMILES string of the molecule is C=C/C(=C\C=C(\C)N)CCn1c2c(c3cc(C)ccc31)CN(c1ccc(I)cc1)CC2. The molecule has 1 aliphatic rings. The minimum atomic E-state index is 0.814. The zero-order valence-electron chi connectivity index (χ0n) is 18.4. The van der Waals surface area contributed by atoms with Crippen molar-refractivity contribution in [2.75, 3.05) is 11.4 Å². The molecule has 0 aliphatic carbocycles. The van der Waals surface area contributed by atoms with E-state index in [1.54, 1.807) is 0 Å². The van der Waals surface area contributed by atoms with Gasteiger partial charge in [0.25, 0.3) is 0 Å². The van der Waals surface area contributed by atoms with Crippen LogP contribution >= 0.6 is 22.6 Å². The summed E-state index contributed by atoms with van der Waals surface area (Å²) in [6.07, 6.45) is 7.99. The average molecular weight is 523 g/mol. The third kappa shape index (κ3) is 4.74. The van der Waals surface area contributed by atoms with E-state index in [1.165, 1.54) is 42.6 Å². The van der Waals surface area contributed by atoms with Gasteiger partial charge in [0.1, 0.15) is 0 Å². The Kier molecular flexibility index (Phi) is 6.56. The predicted molar refractivity (Wildman–Crippen MR) is 141 cm³/mol. The maximum Gasteiger partial charge on any atom is 0.0486 e. The van der Waals surface area contributed by atoms with Crippen LogP contribution in [-0.2, 0) is 19.5 Å². The summed E-state index contributed by atoms with van der Waals surface area (Å²) in [5.74, 6) is 0. The maximum atomic E-state index is 5.81. The van der Waals surface area contributed by atoms with Crippen LogP contribution in [0.5, 0.6) is 0 Å². The Hall–Kier alpha value is -2.47. The van der Waals surface area contributed by atoms with Crippen molar-refractivity contribution < 1.29 is 0 Å². The number of halogens is 1. The lowest BCUT2D eigenvalue weighted by Gasteiger charge is -2.30. The van der Waals surface area contributed by atoms with Gasteiger partial charge in [0, 0.05) is 63.2 Å². The molecular formula is C27H30IN3. The second kappa shape index (κ2) is 9.35. The molecule has 3 nitrogen and oxygen atoms in total.